The number of nitrogens with zero attached hydrogens (tertiary/aromatic N) is 2. The van der Waals surface area contributed by atoms with Crippen LogP contribution >= 0.6 is 0 Å². The Kier molecular flexibility index (Phi) is 5.32. The van der Waals surface area contributed by atoms with Gasteiger partial charge in [0.15, 0.2) is 0 Å². The molecular formula is C26H30N2O3. The second-order valence-corrected chi connectivity index (χ2v) is 9.59. The lowest BCUT2D eigenvalue weighted by Crippen LogP contribution is -2.43. The number of hydrogen-bond acceptors (Lipinski definition) is 3. The molecular weight excluding hydrogens is 388 g/mol. The highest BCUT2D eigenvalue weighted by atomic mass is 16.5. The fourth-order valence-electron chi connectivity index (χ4n) is 5.15. The molecule has 31 heavy (non-hydrogen) atoms. The van der Waals surface area contributed by atoms with Crippen molar-refractivity contribution in [1.82, 2.24) is 9.47 Å². The number of rotatable bonds is 6. The van der Waals surface area contributed by atoms with E-state index in [0.717, 1.165) is 57.8 Å². The van der Waals surface area contributed by atoms with Crippen molar-refractivity contribution in [3.63, 3.8) is 0 Å². The van der Waals surface area contributed by atoms with Crippen LogP contribution in [0.15, 0.2) is 54.7 Å². The van der Waals surface area contributed by atoms with E-state index in [1.165, 1.54) is 16.5 Å². The number of aromatic nitrogens is 1. The number of carboxylic acids is 1. The normalized spacial score (nSPS) is 19.4. The number of benzene rings is 2. The van der Waals surface area contributed by atoms with E-state index in [-0.39, 0.29) is 5.41 Å². The van der Waals surface area contributed by atoms with E-state index in [0.29, 0.717) is 11.5 Å². The summed E-state index contributed by atoms with van der Waals surface area (Å²) in [4.78, 5) is 13.7. The van der Waals surface area contributed by atoms with Crippen molar-refractivity contribution in [2.24, 2.45) is 5.41 Å². The van der Waals surface area contributed by atoms with E-state index in [4.69, 9.17) is 4.74 Å². The van der Waals surface area contributed by atoms with Gasteiger partial charge in [0.1, 0.15) is 0 Å². The molecule has 3 aromatic rings. The summed E-state index contributed by atoms with van der Waals surface area (Å²) in [5.41, 5.74) is 4.49. The first-order valence-corrected chi connectivity index (χ1v) is 11.2. The van der Waals surface area contributed by atoms with E-state index in [9.17, 15) is 9.90 Å². The predicted molar refractivity (Wildman–Crippen MR) is 122 cm³/mol. The zero-order chi connectivity index (χ0) is 21.4. The molecule has 1 aromatic heterocycles. The summed E-state index contributed by atoms with van der Waals surface area (Å²) < 4.78 is 7.92. The molecule has 0 radical (unpaired) electrons. The zero-order valence-corrected chi connectivity index (χ0v) is 18.1. The molecule has 0 bridgehead atoms. The molecule has 1 N–H and O–H groups in total. The topological polar surface area (TPSA) is 54.7 Å². The summed E-state index contributed by atoms with van der Waals surface area (Å²) in [6, 6.07) is 16.1. The first-order valence-electron chi connectivity index (χ1n) is 11.2. The predicted octanol–water partition coefficient (Wildman–Crippen LogP) is 4.76. The highest BCUT2D eigenvalue weighted by molar-refractivity contribution is 5.87. The van der Waals surface area contributed by atoms with Gasteiger partial charge in [-0.15, -0.1) is 0 Å². The SMILES string of the molecule is CC1(Cn2cc(C3CCN(Cc4cccc(C(=O)O)c4)CC3)c3ccccc32)COC1. The summed E-state index contributed by atoms with van der Waals surface area (Å²) in [6.07, 6.45) is 4.66. The van der Waals surface area contributed by atoms with Crippen molar-refractivity contribution >= 4 is 16.9 Å². The number of piperidine rings is 1. The number of hydrogen-bond donors (Lipinski definition) is 1. The van der Waals surface area contributed by atoms with Gasteiger partial charge in [0, 0.05) is 35.6 Å². The molecule has 2 fully saturated rings. The molecule has 0 atom stereocenters. The van der Waals surface area contributed by atoms with Crippen molar-refractivity contribution in [3.8, 4) is 0 Å². The second kappa shape index (κ2) is 8.13. The third kappa shape index (κ3) is 4.12. The Morgan fingerprint density at radius 2 is 1.90 bits per heavy atom. The number of likely N-dealkylation sites (tertiary alicyclic amines) is 1. The van der Waals surface area contributed by atoms with E-state index in [1.807, 2.05) is 12.1 Å². The number of para-hydroxylation sites is 1. The van der Waals surface area contributed by atoms with Gasteiger partial charge >= 0.3 is 5.97 Å². The molecule has 5 nitrogen and oxygen atoms in total. The van der Waals surface area contributed by atoms with Crippen molar-refractivity contribution in [3.05, 3.63) is 71.4 Å². The summed E-state index contributed by atoms with van der Waals surface area (Å²) in [7, 11) is 0. The minimum absolute atomic E-state index is 0.243. The molecule has 0 saturated carbocycles. The van der Waals surface area contributed by atoms with E-state index in [2.05, 4.69) is 46.9 Å². The fraction of sp³-hybridized carbons (Fsp3) is 0.423. The Bertz CT molecular complexity index is 1090. The summed E-state index contributed by atoms with van der Waals surface area (Å²) in [5, 5.41) is 10.6. The first-order chi connectivity index (χ1) is 15.0. The van der Waals surface area contributed by atoms with Crippen LogP contribution in [0, 0.1) is 5.41 Å². The molecule has 0 spiro atoms. The Morgan fingerprint density at radius 1 is 1.13 bits per heavy atom. The molecule has 0 aliphatic carbocycles. The molecule has 2 aliphatic heterocycles. The number of ether oxygens (including phenoxy) is 1. The molecule has 2 aliphatic rings. The molecule has 5 heteroatoms. The summed E-state index contributed by atoms with van der Waals surface area (Å²) in [5.74, 6) is -0.294. The van der Waals surface area contributed by atoms with Crippen LogP contribution < -0.4 is 0 Å². The highest BCUT2D eigenvalue weighted by Crippen LogP contribution is 2.37. The maximum atomic E-state index is 11.2. The highest BCUT2D eigenvalue weighted by Gasteiger charge is 2.34. The number of carbonyl (C=O) groups is 1. The van der Waals surface area contributed by atoms with Crippen molar-refractivity contribution < 1.29 is 14.6 Å². The fourth-order valence-corrected chi connectivity index (χ4v) is 5.15. The van der Waals surface area contributed by atoms with Crippen LogP contribution in [-0.4, -0.2) is 46.8 Å². The summed E-state index contributed by atoms with van der Waals surface area (Å²) >= 11 is 0. The minimum Gasteiger partial charge on any atom is -0.478 e. The third-order valence-corrected chi connectivity index (χ3v) is 6.88. The lowest BCUT2D eigenvalue weighted by Gasteiger charge is -2.38. The first kappa shape index (κ1) is 20.3. The van der Waals surface area contributed by atoms with Gasteiger partial charge in [-0.25, -0.2) is 4.79 Å². The maximum Gasteiger partial charge on any atom is 0.335 e. The largest absolute Gasteiger partial charge is 0.478 e. The zero-order valence-electron chi connectivity index (χ0n) is 18.1. The molecule has 2 aromatic carbocycles. The molecule has 2 saturated heterocycles. The van der Waals surface area contributed by atoms with Gasteiger partial charge < -0.3 is 14.4 Å². The van der Waals surface area contributed by atoms with Gasteiger partial charge in [0.2, 0.25) is 0 Å². The minimum atomic E-state index is -0.862. The van der Waals surface area contributed by atoms with Gasteiger partial charge in [-0.3, -0.25) is 4.90 Å². The Labute approximate surface area is 183 Å². The van der Waals surface area contributed by atoms with Gasteiger partial charge in [-0.1, -0.05) is 37.3 Å². The van der Waals surface area contributed by atoms with E-state index >= 15 is 0 Å². The lowest BCUT2D eigenvalue weighted by atomic mass is 9.88. The van der Waals surface area contributed by atoms with Crippen molar-refractivity contribution in [1.29, 1.82) is 0 Å². The van der Waals surface area contributed by atoms with Crippen LogP contribution in [0.1, 0.15) is 47.2 Å². The van der Waals surface area contributed by atoms with E-state index < -0.39 is 5.97 Å². The second-order valence-electron chi connectivity index (χ2n) is 9.59. The van der Waals surface area contributed by atoms with Crippen molar-refractivity contribution in [2.45, 2.75) is 38.8 Å². The number of carboxylic acid groups (broad SMARTS) is 1. The quantitative estimate of drug-likeness (QED) is 0.627. The van der Waals surface area contributed by atoms with Gasteiger partial charge in [0.05, 0.1) is 18.8 Å². The van der Waals surface area contributed by atoms with Crippen LogP contribution in [-0.2, 0) is 17.8 Å². The molecule has 0 unspecified atom stereocenters. The van der Waals surface area contributed by atoms with Crippen LogP contribution in [0.5, 0.6) is 0 Å². The van der Waals surface area contributed by atoms with Gasteiger partial charge in [-0.2, -0.15) is 0 Å². The van der Waals surface area contributed by atoms with Crippen LogP contribution in [0.3, 0.4) is 0 Å². The monoisotopic (exact) mass is 418 g/mol. The van der Waals surface area contributed by atoms with Gasteiger partial charge in [-0.05, 0) is 61.2 Å². The average Bonchev–Trinajstić information content (AvgIpc) is 3.12. The molecule has 162 valence electrons. The smallest absolute Gasteiger partial charge is 0.335 e. The van der Waals surface area contributed by atoms with Crippen LogP contribution in [0.2, 0.25) is 0 Å². The van der Waals surface area contributed by atoms with Crippen LogP contribution in [0.4, 0.5) is 0 Å². The summed E-state index contributed by atoms with van der Waals surface area (Å²) in [6.45, 7) is 7.88. The van der Waals surface area contributed by atoms with E-state index in [1.54, 1.807) is 12.1 Å². The van der Waals surface area contributed by atoms with Gasteiger partial charge in [0.25, 0.3) is 0 Å². The Morgan fingerprint density at radius 3 is 2.61 bits per heavy atom. The lowest BCUT2D eigenvalue weighted by molar-refractivity contribution is -0.109. The molecule has 5 rings (SSSR count). The van der Waals surface area contributed by atoms with Crippen molar-refractivity contribution in [2.75, 3.05) is 26.3 Å². The Hall–Kier alpha value is -2.63. The third-order valence-electron chi connectivity index (χ3n) is 6.88. The maximum absolute atomic E-state index is 11.2. The number of fused-ring (bicyclic) bond motifs is 1. The average molecular weight is 419 g/mol. The number of aromatic carboxylic acids is 1. The molecule has 3 heterocycles. The molecule has 0 amide bonds. The standard InChI is InChI=1S/C26H30N2O3/c1-26(17-31-18-26)16-28-15-23(22-7-2-3-8-24(22)28)20-9-11-27(12-10-20)14-19-5-4-6-21(13-19)25(29)30/h2-8,13,15,20H,9-12,14,16-18H2,1H3,(H,29,30). The Balaban J connectivity index is 1.29. The van der Waals surface area contributed by atoms with Crippen LogP contribution in [0.25, 0.3) is 10.9 Å².